The fraction of sp³-hybridized carbons (Fsp3) is 0.562. The van der Waals surface area contributed by atoms with Crippen molar-refractivity contribution in [2.75, 3.05) is 32.8 Å². The smallest absolute Gasteiger partial charge is 0.251 e. The number of ether oxygens (including phenoxy) is 1. The predicted octanol–water partition coefficient (Wildman–Crippen LogP) is 1.92. The first kappa shape index (κ1) is 15.0. The van der Waals surface area contributed by atoms with E-state index >= 15 is 0 Å². The molecule has 1 aliphatic rings. The number of benzene rings is 1. The molecule has 0 bridgehead atoms. The molecule has 0 radical (unpaired) electrons. The second kappa shape index (κ2) is 8.02. The van der Waals surface area contributed by atoms with Gasteiger partial charge in [-0.2, -0.15) is 0 Å². The molecule has 1 saturated heterocycles. The maximum atomic E-state index is 12.1. The number of carbonyl (C=O) groups is 1. The maximum absolute atomic E-state index is 12.1. The minimum atomic E-state index is 0.0402. The van der Waals surface area contributed by atoms with Gasteiger partial charge in [0.15, 0.2) is 0 Å². The SMILES string of the molecule is CCOCCN1CCC(NC(=O)c2ccccc2)CC1. The first-order chi connectivity index (χ1) is 9.79. The van der Waals surface area contributed by atoms with E-state index in [0.29, 0.717) is 6.04 Å². The van der Waals surface area contributed by atoms with Crippen LogP contribution in [0, 0.1) is 0 Å². The highest BCUT2D eigenvalue weighted by Crippen LogP contribution is 2.11. The van der Waals surface area contributed by atoms with E-state index in [1.807, 2.05) is 37.3 Å². The lowest BCUT2D eigenvalue weighted by atomic mass is 10.0. The third kappa shape index (κ3) is 4.62. The standard InChI is InChI=1S/C16H24N2O2/c1-2-20-13-12-18-10-8-15(9-11-18)17-16(19)14-6-4-3-5-7-14/h3-7,15H,2,8-13H2,1H3,(H,17,19). The fourth-order valence-electron chi connectivity index (χ4n) is 2.50. The Labute approximate surface area is 121 Å². The molecule has 20 heavy (non-hydrogen) atoms. The van der Waals surface area contributed by atoms with Gasteiger partial charge in [-0.25, -0.2) is 0 Å². The van der Waals surface area contributed by atoms with Crippen LogP contribution in [-0.4, -0.2) is 49.7 Å². The largest absolute Gasteiger partial charge is 0.380 e. The highest BCUT2D eigenvalue weighted by molar-refractivity contribution is 5.94. The summed E-state index contributed by atoms with van der Waals surface area (Å²) in [5, 5.41) is 3.13. The van der Waals surface area contributed by atoms with Crippen LogP contribution in [0.15, 0.2) is 30.3 Å². The van der Waals surface area contributed by atoms with Crippen molar-refractivity contribution in [1.82, 2.24) is 10.2 Å². The molecule has 1 aliphatic heterocycles. The average Bonchev–Trinajstić information content (AvgIpc) is 2.50. The summed E-state index contributed by atoms with van der Waals surface area (Å²) in [5.74, 6) is 0.0402. The molecule has 2 rings (SSSR count). The average molecular weight is 276 g/mol. The second-order valence-corrected chi connectivity index (χ2v) is 5.15. The van der Waals surface area contributed by atoms with E-state index < -0.39 is 0 Å². The third-order valence-corrected chi connectivity index (χ3v) is 3.71. The summed E-state index contributed by atoms with van der Waals surface area (Å²) in [6.07, 6.45) is 2.04. The Kier molecular flexibility index (Phi) is 6.02. The Morgan fingerprint density at radius 3 is 2.65 bits per heavy atom. The van der Waals surface area contributed by atoms with Gasteiger partial charge in [-0.3, -0.25) is 4.79 Å². The van der Waals surface area contributed by atoms with Crippen molar-refractivity contribution in [3.8, 4) is 0 Å². The van der Waals surface area contributed by atoms with Gasteiger partial charge in [-0.15, -0.1) is 0 Å². The molecule has 0 saturated carbocycles. The van der Waals surface area contributed by atoms with E-state index in [2.05, 4.69) is 10.2 Å². The molecule has 0 spiro atoms. The topological polar surface area (TPSA) is 41.6 Å². The summed E-state index contributed by atoms with van der Waals surface area (Å²) in [5.41, 5.74) is 0.742. The molecule has 110 valence electrons. The van der Waals surface area contributed by atoms with E-state index in [9.17, 15) is 4.79 Å². The van der Waals surface area contributed by atoms with Crippen molar-refractivity contribution in [1.29, 1.82) is 0 Å². The molecular formula is C16H24N2O2. The molecule has 1 aromatic carbocycles. The zero-order chi connectivity index (χ0) is 14.2. The van der Waals surface area contributed by atoms with E-state index in [-0.39, 0.29) is 5.91 Å². The lowest BCUT2D eigenvalue weighted by molar-refractivity contribution is 0.0859. The lowest BCUT2D eigenvalue weighted by Crippen LogP contribution is -2.45. The molecule has 4 nitrogen and oxygen atoms in total. The first-order valence-electron chi connectivity index (χ1n) is 7.45. The minimum absolute atomic E-state index is 0.0402. The van der Waals surface area contributed by atoms with Crippen LogP contribution in [0.1, 0.15) is 30.1 Å². The summed E-state index contributed by atoms with van der Waals surface area (Å²) < 4.78 is 5.37. The number of amides is 1. The van der Waals surface area contributed by atoms with Crippen LogP contribution in [0.2, 0.25) is 0 Å². The number of hydrogen-bond donors (Lipinski definition) is 1. The van der Waals surface area contributed by atoms with Crippen LogP contribution in [0.25, 0.3) is 0 Å². The third-order valence-electron chi connectivity index (χ3n) is 3.71. The van der Waals surface area contributed by atoms with Crippen molar-refractivity contribution in [3.63, 3.8) is 0 Å². The highest BCUT2D eigenvalue weighted by Gasteiger charge is 2.20. The van der Waals surface area contributed by atoms with Gasteiger partial charge in [0.05, 0.1) is 6.61 Å². The van der Waals surface area contributed by atoms with Crippen molar-refractivity contribution in [2.45, 2.75) is 25.8 Å². The number of likely N-dealkylation sites (tertiary alicyclic amines) is 1. The molecule has 1 amide bonds. The van der Waals surface area contributed by atoms with Crippen LogP contribution in [0.3, 0.4) is 0 Å². The van der Waals surface area contributed by atoms with Gasteiger partial charge in [0.1, 0.15) is 0 Å². The number of rotatable bonds is 6. The van der Waals surface area contributed by atoms with Gasteiger partial charge in [0.25, 0.3) is 5.91 Å². The fourth-order valence-corrected chi connectivity index (χ4v) is 2.50. The van der Waals surface area contributed by atoms with Crippen LogP contribution in [0.5, 0.6) is 0 Å². The van der Waals surface area contributed by atoms with E-state index in [1.165, 1.54) is 0 Å². The van der Waals surface area contributed by atoms with E-state index in [0.717, 1.165) is 51.3 Å². The van der Waals surface area contributed by atoms with Crippen LogP contribution >= 0.6 is 0 Å². The quantitative estimate of drug-likeness (QED) is 0.807. The number of hydrogen-bond acceptors (Lipinski definition) is 3. The Bertz CT molecular complexity index is 400. The van der Waals surface area contributed by atoms with Gasteiger partial charge in [0, 0.05) is 37.8 Å². The Morgan fingerprint density at radius 1 is 1.30 bits per heavy atom. The minimum Gasteiger partial charge on any atom is -0.380 e. The summed E-state index contributed by atoms with van der Waals surface area (Å²) in [7, 11) is 0. The van der Waals surface area contributed by atoms with Crippen molar-refractivity contribution < 1.29 is 9.53 Å². The normalized spacial score (nSPS) is 17.1. The molecule has 1 aromatic rings. The summed E-state index contributed by atoms with van der Waals surface area (Å²) >= 11 is 0. The molecule has 0 unspecified atom stereocenters. The molecule has 1 fully saturated rings. The maximum Gasteiger partial charge on any atom is 0.251 e. The van der Waals surface area contributed by atoms with Crippen LogP contribution in [-0.2, 0) is 4.74 Å². The van der Waals surface area contributed by atoms with Crippen LogP contribution in [0.4, 0.5) is 0 Å². The van der Waals surface area contributed by atoms with E-state index in [1.54, 1.807) is 0 Å². The molecule has 0 atom stereocenters. The summed E-state index contributed by atoms with van der Waals surface area (Å²) in [6.45, 7) is 6.67. The zero-order valence-corrected chi connectivity index (χ0v) is 12.2. The van der Waals surface area contributed by atoms with E-state index in [4.69, 9.17) is 4.74 Å². The molecule has 4 heteroatoms. The molecule has 1 heterocycles. The Morgan fingerprint density at radius 2 is 2.00 bits per heavy atom. The number of piperidine rings is 1. The summed E-state index contributed by atoms with van der Waals surface area (Å²) in [4.78, 5) is 14.5. The van der Waals surface area contributed by atoms with Gasteiger partial charge in [-0.1, -0.05) is 18.2 Å². The Balaban J connectivity index is 1.70. The first-order valence-corrected chi connectivity index (χ1v) is 7.45. The second-order valence-electron chi connectivity index (χ2n) is 5.15. The van der Waals surface area contributed by atoms with Gasteiger partial charge >= 0.3 is 0 Å². The van der Waals surface area contributed by atoms with Crippen LogP contribution < -0.4 is 5.32 Å². The number of carbonyl (C=O) groups excluding carboxylic acids is 1. The number of nitrogens with one attached hydrogen (secondary N) is 1. The molecular weight excluding hydrogens is 252 g/mol. The lowest BCUT2D eigenvalue weighted by Gasteiger charge is -2.32. The predicted molar refractivity (Wildman–Crippen MR) is 79.9 cm³/mol. The molecule has 0 aromatic heterocycles. The molecule has 0 aliphatic carbocycles. The van der Waals surface area contributed by atoms with Gasteiger partial charge < -0.3 is 15.0 Å². The monoisotopic (exact) mass is 276 g/mol. The Hall–Kier alpha value is -1.39. The zero-order valence-electron chi connectivity index (χ0n) is 12.2. The molecule has 1 N–H and O–H groups in total. The van der Waals surface area contributed by atoms with Gasteiger partial charge in [-0.05, 0) is 31.9 Å². The highest BCUT2D eigenvalue weighted by atomic mass is 16.5. The van der Waals surface area contributed by atoms with Crippen molar-refractivity contribution >= 4 is 5.91 Å². The van der Waals surface area contributed by atoms with Crippen molar-refractivity contribution in [2.24, 2.45) is 0 Å². The van der Waals surface area contributed by atoms with Gasteiger partial charge in [0.2, 0.25) is 0 Å². The summed E-state index contributed by atoms with van der Waals surface area (Å²) in [6, 6.07) is 9.72. The van der Waals surface area contributed by atoms with Crippen molar-refractivity contribution in [3.05, 3.63) is 35.9 Å². The number of nitrogens with zero attached hydrogens (tertiary/aromatic N) is 1.